The Morgan fingerprint density at radius 2 is 1.16 bits per heavy atom. The third-order valence-electron chi connectivity index (χ3n) is 5.57. The molecule has 6 aromatic rings. The maximum atomic E-state index is 4.97. The fourth-order valence-electron chi connectivity index (χ4n) is 3.97. The van der Waals surface area contributed by atoms with E-state index in [2.05, 4.69) is 88.7 Å². The van der Waals surface area contributed by atoms with Crippen molar-refractivity contribution in [3.63, 3.8) is 0 Å². The maximum absolute atomic E-state index is 4.97. The van der Waals surface area contributed by atoms with Crippen molar-refractivity contribution in [1.82, 2.24) is 9.97 Å². The van der Waals surface area contributed by atoms with Gasteiger partial charge in [-0.2, -0.15) is 0 Å². The second-order valence-electron chi connectivity index (χ2n) is 7.64. The van der Waals surface area contributed by atoms with Crippen LogP contribution in [0, 0.1) is 0 Å². The summed E-state index contributed by atoms with van der Waals surface area (Å²) < 4.78 is 3.60. The van der Waals surface area contributed by atoms with Crippen LogP contribution < -0.4 is 0 Å². The number of benzene rings is 4. The number of hydrogen-bond donors (Lipinski definition) is 0. The summed E-state index contributed by atoms with van der Waals surface area (Å²) in [6, 6.07) is 35.7. The molecule has 0 aliphatic carbocycles. The van der Waals surface area contributed by atoms with E-state index in [1.165, 1.54) is 20.2 Å². The molecule has 0 bridgehead atoms. The van der Waals surface area contributed by atoms with Crippen LogP contribution in [-0.2, 0) is 0 Å². The predicted octanol–water partition coefficient (Wildman–Crippen LogP) is 8.61. The molecule has 0 amide bonds. The van der Waals surface area contributed by atoms with Gasteiger partial charge >= 0.3 is 0 Å². The molecule has 0 fully saturated rings. The van der Waals surface area contributed by atoms with Gasteiger partial charge in [-0.25, -0.2) is 9.97 Å². The van der Waals surface area contributed by atoms with E-state index in [4.69, 9.17) is 9.97 Å². The number of rotatable bonds is 3. The molecule has 152 valence electrons. The van der Waals surface area contributed by atoms with Crippen molar-refractivity contribution in [2.75, 3.05) is 0 Å². The van der Waals surface area contributed by atoms with Gasteiger partial charge in [-0.15, -0.1) is 11.3 Å². The van der Waals surface area contributed by atoms with Crippen LogP contribution in [-0.4, -0.2) is 9.97 Å². The smallest absolute Gasteiger partial charge is 0.160 e. The zero-order valence-corrected chi connectivity index (χ0v) is 19.4. The van der Waals surface area contributed by atoms with E-state index in [0.717, 1.165) is 38.4 Å². The lowest BCUT2D eigenvalue weighted by Crippen LogP contribution is -1.95. The summed E-state index contributed by atoms with van der Waals surface area (Å²) in [6.07, 6.45) is 0. The Bertz CT molecular complexity index is 1570. The van der Waals surface area contributed by atoms with Crippen molar-refractivity contribution in [3.05, 3.63) is 108 Å². The molecule has 0 atom stereocenters. The van der Waals surface area contributed by atoms with Crippen molar-refractivity contribution in [3.8, 4) is 33.9 Å². The Labute approximate surface area is 198 Å². The first kappa shape index (κ1) is 19.4. The average Bonchev–Trinajstić information content (AvgIpc) is 3.23. The summed E-state index contributed by atoms with van der Waals surface area (Å²) in [5, 5.41) is 2.58. The lowest BCUT2D eigenvalue weighted by molar-refractivity contribution is 1.18. The number of halogens is 1. The zero-order chi connectivity index (χ0) is 21.5. The Kier molecular flexibility index (Phi) is 4.82. The van der Waals surface area contributed by atoms with E-state index in [-0.39, 0.29) is 0 Å². The highest BCUT2D eigenvalue weighted by Crippen LogP contribution is 2.36. The van der Waals surface area contributed by atoms with Gasteiger partial charge in [0.25, 0.3) is 0 Å². The van der Waals surface area contributed by atoms with Gasteiger partial charge in [0.15, 0.2) is 5.82 Å². The fourth-order valence-corrected chi connectivity index (χ4v) is 5.38. The summed E-state index contributed by atoms with van der Waals surface area (Å²) in [4.78, 5) is 9.93. The van der Waals surface area contributed by atoms with Crippen LogP contribution in [0.5, 0.6) is 0 Å². The summed E-state index contributed by atoms with van der Waals surface area (Å²) in [6.45, 7) is 0. The highest BCUT2D eigenvalue weighted by molar-refractivity contribution is 9.10. The van der Waals surface area contributed by atoms with Crippen molar-refractivity contribution >= 4 is 47.4 Å². The molecule has 2 aromatic heterocycles. The molecule has 4 aromatic carbocycles. The summed E-state index contributed by atoms with van der Waals surface area (Å²) in [5.74, 6) is 0.739. The summed E-state index contributed by atoms with van der Waals surface area (Å²) in [7, 11) is 0. The minimum Gasteiger partial charge on any atom is -0.228 e. The third kappa shape index (κ3) is 3.52. The van der Waals surface area contributed by atoms with E-state index in [9.17, 15) is 0 Å². The van der Waals surface area contributed by atoms with Crippen LogP contribution in [0.2, 0.25) is 0 Å². The molecule has 0 aliphatic heterocycles. The molecule has 0 unspecified atom stereocenters. The van der Waals surface area contributed by atoms with Crippen LogP contribution in [0.15, 0.2) is 108 Å². The van der Waals surface area contributed by atoms with E-state index < -0.39 is 0 Å². The van der Waals surface area contributed by atoms with Crippen molar-refractivity contribution < 1.29 is 0 Å². The minimum atomic E-state index is 0.739. The van der Waals surface area contributed by atoms with Crippen molar-refractivity contribution in [1.29, 1.82) is 0 Å². The Balaban J connectivity index is 1.55. The van der Waals surface area contributed by atoms with Crippen LogP contribution in [0.4, 0.5) is 0 Å². The molecule has 32 heavy (non-hydrogen) atoms. The second kappa shape index (κ2) is 7.97. The first-order valence-electron chi connectivity index (χ1n) is 10.4. The third-order valence-corrected chi connectivity index (χ3v) is 7.23. The monoisotopic (exact) mass is 492 g/mol. The Hall–Kier alpha value is -3.34. The number of nitrogens with zero attached hydrogens (tertiary/aromatic N) is 2. The largest absolute Gasteiger partial charge is 0.228 e. The predicted molar refractivity (Wildman–Crippen MR) is 139 cm³/mol. The second-order valence-corrected chi connectivity index (χ2v) is 9.64. The van der Waals surface area contributed by atoms with Gasteiger partial charge in [-0.3, -0.25) is 0 Å². The van der Waals surface area contributed by atoms with E-state index in [0.29, 0.717) is 0 Å². The lowest BCUT2D eigenvalue weighted by Gasteiger charge is -2.09. The van der Waals surface area contributed by atoms with Gasteiger partial charge in [-0.1, -0.05) is 88.7 Å². The molecule has 0 saturated carbocycles. The first-order valence-corrected chi connectivity index (χ1v) is 12.0. The number of aromatic nitrogens is 2. The van der Waals surface area contributed by atoms with Gasteiger partial charge < -0.3 is 0 Å². The van der Waals surface area contributed by atoms with Crippen LogP contribution in [0.3, 0.4) is 0 Å². The van der Waals surface area contributed by atoms with Crippen LogP contribution in [0.1, 0.15) is 0 Å². The van der Waals surface area contributed by atoms with E-state index in [1.54, 1.807) is 0 Å². The summed E-state index contributed by atoms with van der Waals surface area (Å²) in [5.41, 5.74) is 5.01. The number of thiophene rings is 1. The zero-order valence-electron chi connectivity index (χ0n) is 17.0. The van der Waals surface area contributed by atoms with Gasteiger partial charge in [0.05, 0.1) is 11.4 Å². The molecule has 0 aliphatic rings. The SMILES string of the molecule is Brc1ccc(-c2cc(-c3ccccc3)nc(-c3ccc4c(c3)sc3ccccc34)n2)cc1. The highest BCUT2D eigenvalue weighted by atomic mass is 79.9. The number of hydrogen-bond acceptors (Lipinski definition) is 3. The standard InChI is InChI=1S/C28H17BrN2S/c29-21-13-10-19(11-14-21)25-17-24(18-6-2-1-3-7-18)30-28(31-25)20-12-15-23-22-8-4-5-9-26(22)32-27(23)16-20/h1-17H. The molecule has 6 rings (SSSR count). The Morgan fingerprint density at radius 3 is 1.94 bits per heavy atom. The first-order chi connectivity index (χ1) is 15.7. The summed E-state index contributed by atoms with van der Waals surface area (Å²) >= 11 is 5.34. The quantitative estimate of drug-likeness (QED) is 0.247. The van der Waals surface area contributed by atoms with Crippen molar-refractivity contribution in [2.45, 2.75) is 0 Å². The molecular weight excluding hydrogens is 476 g/mol. The molecule has 4 heteroatoms. The van der Waals surface area contributed by atoms with Crippen molar-refractivity contribution in [2.24, 2.45) is 0 Å². The lowest BCUT2D eigenvalue weighted by atomic mass is 10.1. The topological polar surface area (TPSA) is 25.8 Å². The Morgan fingerprint density at radius 1 is 0.531 bits per heavy atom. The maximum Gasteiger partial charge on any atom is 0.160 e. The normalized spacial score (nSPS) is 11.3. The molecule has 0 spiro atoms. The average molecular weight is 493 g/mol. The molecule has 0 N–H and O–H groups in total. The van der Waals surface area contributed by atoms with E-state index >= 15 is 0 Å². The molecular formula is C28H17BrN2S. The fraction of sp³-hybridized carbons (Fsp3) is 0. The molecule has 2 heterocycles. The van der Waals surface area contributed by atoms with Gasteiger partial charge in [0.2, 0.25) is 0 Å². The minimum absolute atomic E-state index is 0.739. The highest BCUT2D eigenvalue weighted by Gasteiger charge is 2.12. The number of fused-ring (bicyclic) bond motifs is 3. The van der Waals surface area contributed by atoms with Crippen LogP contribution >= 0.6 is 27.3 Å². The molecule has 0 radical (unpaired) electrons. The van der Waals surface area contributed by atoms with Crippen LogP contribution in [0.25, 0.3) is 54.1 Å². The molecule has 0 saturated heterocycles. The molecule has 2 nitrogen and oxygen atoms in total. The van der Waals surface area contributed by atoms with Gasteiger partial charge in [0, 0.05) is 41.3 Å². The van der Waals surface area contributed by atoms with E-state index in [1.807, 2.05) is 41.7 Å². The van der Waals surface area contributed by atoms with Gasteiger partial charge in [-0.05, 0) is 30.3 Å². The van der Waals surface area contributed by atoms with Gasteiger partial charge in [0.1, 0.15) is 0 Å².